The fourth-order valence-corrected chi connectivity index (χ4v) is 2.93. The molecule has 3 rings (SSSR count). The van der Waals surface area contributed by atoms with Gasteiger partial charge in [0.25, 0.3) is 0 Å². The van der Waals surface area contributed by atoms with Crippen LogP contribution in [-0.4, -0.2) is 21.0 Å². The summed E-state index contributed by atoms with van der Waals surface area (Å²) in [6.07, 6.45) is 6.08. The predicted octanol–water partition coefficient (Wildman–Crippen LogP) is 4.21. The van der Waals surface area contributed by atoms with Crippen molar-refractivity contribution in [2.75, 3.05) is 5.32 Å². The Morgan fingerprint density at radius 2 is 2.05 bits per heavy atom. The lowest BCUT2D eigenvalue weighted by Gasteiger charge is -2.26. The average molecular weight is 362 g/mol. The molecule has 0 aliphatic heterocycles. The molecule has 3 nitrogen and oxygen atoms in total. The second-order valence-electron chi connectivity index (χ2n) is 5.16. The zero-order valence-electron chi connectivity index (χ0n) is 11.5. The predicted molar refractivity (Wildman–Crippen MR) is 93.2 cm³/mol. The van der Waals surface area contributed by atoms with E-state index in [1.807, 2.05) is 48.8 Å². The zero-order valence-corrected chi connectivity index (χ0v) is 13.9. The van der Waals surface area contributed by atoms with Crippen molar-refractivity contribution in [3.63, 3.8) is 0 Å². The van der Waals surface area contributed by atoms with Crippen LogP contribution in [0.2, 0.25) is 0 Å². The summed E-state index contributed by atoms with van der Waals surface area (Å²) < 4.78 is 1.04. The molecule has 0 amide bonds. The molecule has 2 aromatic rings. The van der Waals surface area contributed by atoms with Gasteiger partial charge in [-0.05, 0) is 61.0 Å². The number of nitrogens with one attached hydrogen (secondary N) is 1. The number of anilines is 1. The van der Waals surface area contributed by atoms with Crippen LogP contribution in [0.25, 0.3) is 0 Å². The van der Waals surface area contributed by atoms with E-state index in [-0.39, 0.29) is 0 Å². The van der Waals surface area contributed by atoms with Crippen LogP contribution in [0.15, 0.2) is 53.3 Å². The third kappa shape index (κ3) is 4.02. The number of hydrogen-bond donors (Lipinski definition) is 1. The molecule has 1 fully saturated rings. The Morgan fingerprint density at radius 3 is 2.71 bits per heavy atom. The molecule has 0 radical (unpaired) electrons. The maximum Gasteiger partial charge on any atom is 0.173 e. The van der Waals surface area contributed by atoms with Crippen LogP contribution in [0.4, 0.5) is 5.69 Å². The quantitative estimate of drug-likeness (QED) is 0.825. The SMILES string of the molecule is S=C(Nc1cccc(Br)c1)N(Cc1ccncc1)C1CC1. The smallest absolute Gasteiger partial charge is 0.173 e. The molecular formula is C16H16BrN3S. The van der Waals surface area contributed by atoms with Crippen molar-refractivity contribution in [2.24, 2.45) is 0 Å². The molecule has 0 spiro atoms. The van der Waals surface area contributed by atoms with Crippen molar-refractivity contribution >= 4 is 38.9 Å². The van der Waals surface area contributed by atoms with Crippen LogP contribution >= 0.6 is 28.1 Å². The van der Waals surface area contributed by atoms with Crippen molar-refractivity contribution in [2.45, 2.75) is 25.4 Å². The summed E-state index contributed by atoms with van der Waals surface area (Å²) in [6, 6.07) is 12.7. The Morgan fingerprint density at radius 1 is 1.29 bits per heavy atom. The van der Waals surface area contributed by atoms with Gasteiger partial charge in [0, 0.05) is 35.1 Å². The minimum absolute atomic E-state index is 0.560. The van der Waals surface area contributed by atoms with E-state index in [1.54, 1.807) is 0 Å². The van der Waals surface area contributed by atoms with Gasteiger partial charge < -0.3 is 10.2 Å². The van der Waals surface area contributed by atoms with E-state index in [4.69, 9.17) is 12.2 Å². The molecule has 21 heavy (non-hydrogen) atoms. The number of hydrogen-bond acceptors (Lipinski definition) is 2. The summed E-state index contributed by atoms with van der Waals surface area (Å²) in [5, 5.41) is 4.12. The van der Waals surface area contributed by atoms with E-state index in [2.05, 4.69) is 31.1 Å². The molecule has 1 aromatic carbocycles. The van der Waals surface area contributed by atoms with Gasteiger partial charge in [-0.1, -0.05) is 22.0 Å². The van der Waals surface area contributed by atoms with Gasteiger partial charge in [0.2, 0.25) is 0 Å². The molecule has 1 heterocycles. The number of pyridine rings is 1. The van der Waals surface area contributed by atoms with Gasteiger partial charge in [-0.25, -0.2) is 0 Å². The number of aromatic nitrogens is 1. The summed E-state index contributed by atoms with van der Waals surface area (Å²) in [4.78, 5) is 6.33. The highest BCUT2D eigenvalue weighted by Gasteiger charge is 2.30. The van der Waals surface area contributed by atoms with Crippen LogP contribution in [0.3, 0.4) is 0 Å². The molecule has 0 bridgehead atoms. The van der Waals surface area contributed by atoms with Gasteiger partial charge >= 0.3 is 0 Å². The molecule has 108 valence electrons. The first kappa shape index (κ1) is 14.5. The molecule has 1 saturated carbocycles. The lowest BCUT2D eigenvalue weighted by Crippen LogP contribution is -2.36. The van der Waals surface area contributed by atoms with Gasteiger partial charge in [-0.2, -0.15) is 0 Å². The minimum atomic E-state index is 0.560. The van der Waals surface area contributed by atoms with E-state index in [0.717, 1.165) is 21.8 Å². The molecule has 0 atom stereocenters. The average Bonchev–Trinajstić information content (AvgIpc) is 3.30. The van der Waals surface area contributed by atoms with Gasteiger partial charge in [0.1, 0.15) is 0 Å². The van der Waals surface area contributed by atoms with Crippen LogP contribution in [0.1, 0.15) is 18.4 Å². The zero-order chi connectivity index (χ0) is 14.7. The van der Waals surface area contributed by atoms with Gasteiger partial charge in [0.05, 0.1) is 0 Å². The number of nitrogens with zero attached hydrogens (tertiary/aromatic N) is 2. The summed E-state index contributed by atoms with van der Waals surface area (Å²) in [6.45, 7) is 0.826. The van der Waals surface area contributed by atoms with Crippen molar-refractivity contribution < 1.29 is 0 Å². The van der Waals surface area contributed by atoms with Gasteiger partial charge in [-0.3, -0.25) is 4.98 Å². The number of halogens is 1. The Balaban J connectivity index is 1.70. The van der Waals surface area contributed by atoms with Crippen molar-refractivity contribution in [3.05, 3.63) is 58.8 Å². The number of thiocarbonyl (C=S) groups is 1. The van der Waals surface area contributed by atoms with Crippen LogP contribution < -0.4 is 5.32 Å². The summed E-state index contributed by atoms with van der Waals surface area (Å²) in [5.41, 5.74) is 2.24. The normalized spacial score (nSPS) is 13.8. The van der Waals surface area contributed by atoms with E-state index in [1.165, 1.54) is 18.4 Å². The molecular weight excluding hydrogens is 346 g/mol. The fourth-order valence-electron chi connectivity index (χ4n) is 2.20. The monoisotopic (exact) mass is 361 g/mol. The number of benzene rings is 1. The first-order chi connectivity index (χ1) is 10.2. The first-order valence-electron chi connectivity index (χ1n) is 6.94. The first-order valence-corrected chi connectivity index (χ1v) is 8.14. The molecule has 1 aliphatic carbocycles. The molecule has 5 heteroatoms. The third-order valence-corrected chi connectivity index (χ3v) is 4.26. The lowest BCUT2D eigenvalue weighted by molar-refractivity contribution is 0.409. The Kier molecular flexibility index (Phi) is 4.51. The van der Waals surface area contributed by atoms with Crippen LogP contribution in [0.5, 0.6) is 0 Å². The molecule has 1 N–H and O–H groups in total. The van der Waals surface area contributed by atoms with Gasteiger partial charge in [-0.15, -0.1) is 0 Å². The van der Waals surface area contributed by atoms with E-state index in [9.17, 15) is 0 Å². The maximum absolute atomic E-state index is 5.60. The molecule has 0 unspecified atom stereocenters. The topological polar surface area (TPSA) is 28.2 Å². The van der Waals surface area contributed by atoms with Crippen molar-refractivity contribution in [3.8, 4) is 0 Å². The highest BCUT2D eigenvalue weighted by Crippen LogP contribution is 2.29. The van der Waals surface area contributed by atoms with E-state index >= 15 is 0 Å². The largest absolute Gasteiger partial charge is 0.342 e. The lowest BCUT2D eigenvalue weighted by atomic mass is 10.2. The summed E-state index contributed by atoms with van der Waals surface area (Å²) in [7, 11) is 0. The van der Waals surface area contributed by atoms with E-state index < -0.39 is 0 Å². The van der Waals surface area contributed by atoms with E-state index in [0.29, 0.717) is 6.04 Å². The Hall–Kier alpha value is -1.46. The maximum atomic E-state index is 5.60. The number of rotatable bonds is 4. The summed E-state index contributed by atoms with van der Waals surface area (Å²) in [5.74, 6) is 0. The highest BCUT2D eigenvalue weighted by atomic mass is 79.9. The van der Waals surface area contributed by atoms with Crippen LogP contribution in [-0.2, 0) is 6.54 Å². The molecule has 1 aliphatic rings. The van der Waals surface area contributed by atoms with Gasteiger partial charge in [0.15, 0.2) is 5.11 Å². The van der Waals surface area contributed by atoms with Crippen LogP contribution in [0, 0.1) is 0 Å². The second kappa shape index (κ2) is 6.54. The molecule has 0 saturated heterocycles. The fraction of sp³-hybridized carbons (Fsp3) is 0.250. The minimum Gasteiger partial charge on any atom is -0.342 e. The second-order valence-corrected chi connectivity index (χ2v) is 6.46. The third-order valence-electron chi connectivity index (χ3n) is 3.43. The Labute approximate surface area is 138 Å². The van der Waals surface area contributed by atoms with Crippen molar-refractivity contribution in [1.29, 1.82) is 0 Å². The molecule has 1 aromatic heterocycles. The Bertz CT molecular complexity index is 628. The summed E-state index contributed by atoms with van der Waals surface area (Å²) >= 11 is 9.08. The highest BCUT2D eigenvalue weighted by molar-refractivity contribution is 9.10. The van der Waals surface area contributed by atoms with Crippen molar-refractivity contribution in [1.82, 2.24) is 9.88 Å². The standard InChI is InChI=1S/C16H16BrN3S/c17-13-2-1-3-14(10-13)19-16(21)20(15-4-5-15)11-12-6-8-18-9-7-12/h1-3,6-10,15H,4-5,11H2,(H,19,21).